The minimum absolute atomic E-state index is 0.443. The molecule has 10 heteroatoms. The van der Waals surface area contributed by atoms with E-state index in [1.165, 1.54) is 124 Å². The van der Waals surface area contributed by atoms with Crippen molar-refractivity contribution in [1.82, 2.24) is 0 Å². The fourth-order valence-electron chi connectivity index (χ4n) is 13.9. The molecular weight excluding hydrogens is 1020 g/mol. The van der Waals surface area contributed by atoms with Gasteiger partial charge in [-0.15, -0.1) is 0 Å². The van der Waals surface area contributed by atoms with Gasteiger partial charge in [-0.1, -0.05) is 265 Å². The van der Waals surface area contributed by atoms with Crippen molar-refractivity contribution in [2.75, 3.05) is 46.0 Å². The van der Waals surface area contributed by atoms with Gasteiger partial charge in [-0.3, -0.25) is 0 Å². The molecule has 0 saturated carbocycles. The highest BCUT2D eigenvalue weighted by molar-refractivity contribution is 9.21. The summed E-state index contributed by atoms with van der Waals surface area (Å²) in [4.78, 5) is 58.8. The van der Waals surface area contributed by atoms with E-state index in [0.717, 1.165) is 149 Å². The van der Waals surface area contributed by atoms with Crippen LogP contribution in [0.2, 0.25) is 0 Å². The van der Waals surface area contributed by atoms with Crippen molar-refractivity contribution in [1.29, 1.82) is 0 Å². The van der Waals surface area contributed by atoms with Crippen LogP contribution in [0.4, 0.5) is 0 Å². The number of hydrogen-bond donors (Lipinski definition) is 4. The molecule has 4 nitrogen and oxygen atoms in total. The molecular formula is C64H140O4P2S4. The molecule has 8 unspecified atom stereocenters. The standard InChI is InChI=1S/C64H140O4P2S4/c1-17-33-41-57(25-9)49-73(50-58(26-10)42-34-18-2,51-59(27-11)43-35-19-3,52-60(28-12)44-36-20-4)69(65,66)71-72-70(67,68)74(53-61(29-13)45-37-21-5,54-62(30-14)46-38-22-6,55-63(31-15)47-39-23-7)56-64(32-16)48-40-24-8/h57-68H,17-56H2,1-16H3. The lowest BCUT2D eigenvalue weighted by molar-refractivity contribution is 0.453. The highest BCUT2D eigenvalue weighted by atomic mass is 33.6. The molecule has 0 bridgehead atoms. The summed E-state index contributed by atoms with van der Waals surface area (Å²) in [6, 6.07) is 0. The Morgan fingerprint density at radius 2 is 0.365 bits per heavy atom. The van der Waals surface area contributed by atoms with Gasteiger partial charge in [0, 0.05) is 20.8 Å². The molecule has 0 aromatic carbocycles. The van der Waals surface area contributed by atoms with Crippen molar-refractivity contribution in [2.45, 2.75) is 316 Å². The molecule has 0 saturated heterocycles. The molecule has 0 heterocycles. The Hall–Kier alpha value is 2.10. The highest BCUT2D eigenvalue weighted by Gasteiger charge is 2.52. The lowest BCUT2D eigenvalue weighted by atomic mass is 10.0. The van der Waals surface area contributed by atoms with Crippen LogP contribution in [0.5, 0.6) is 0 Å². The molecule has 0 amide bonds. The van der Waals surface area contributed by atoms with E-state index in [2.05, 4.69) is 111 Å². The maximum absolute atomic E-state index is 14.7. The summed E-state index contributed by atoms with van der Waals surface area (Å²) in [5.74, 6) is 11.3. The predicted molar refractivity (Wildman–Crippen MR) is 358 cm³/mol. The summed E-state index contributed by atoms with van der Waals surface area (Å²) >= 11 is 0. The average molecular weight is 1160 g/mol. The molecule has 0 aliphatic rings. The van der Waals surface area contributed by atoms with Crippen LogP contribution in [0.1, 0.15) is 316 Å². The first-order chi connectivity index (χ1) is 35.3. The van der Waals surface area contributed by atoms with E-state index < -0.39 is 28.1 Å². The molecule has 0 aromatic heterocycles. The first kappa shape index (κ1) is 76.1. The van der Waals surface area contributed by atoms with Crippen molar-refractivity contribution in [3.8, 4) is 0 Å². The van der Waals surface area contributed by atoms with E-state index >= 15 is 0 Å². The monoisotopic (exact) mass is 1160 g/mol. The largest absolute Gasteiger partial charge is 0.342 e. The van der Waals surface area contributed by atoms with Gasteiger partial charge in [0.1, 0.15) is 0 Å². The topological polar surface area (TPSA) is 80.9 Å². The van der Waals surface area contributed by atoms with E-state index in [-0.39, 0.29) is 0 Å². The van der Waals surface area contributed by atoms with Gasteiger partial charge in [0.2, 0.25) is 0 Å². The Bertz CT molecular complexity index is 1270. The van der Waals surface area contributed by atoms with E-state index in [1.807, 2.05) is 0 Å². The third kappa shape index (κ3) is 23.8. The SMILES string of the molecule is CCCCC(CC)CS(CC(CC)CCCC)(CC(CC)CCCC)(CC(CC)CCCC)=P(O)(O)SSP(O)(O)=S(CC(CC)CCCC)(CC(CC)CCCC)(CC(CC)CCCC)CC(CC)CCCC. The van der Waals surface area contributed by atoms with Crippen LogP contribution < -0.4 is 0 Å². The molecule has 0 fully saturated rings. The maximum atomic E-state index is 14.7. The van der Waals surface area contributed by atoms with E-state index in [9.17, 15) is 19.6 Å². The van der Waals surface area contributed by atoms with Crippen LogP contribution in [0, 0.1) is 47.3 Å². The Labute approximate surface area is 474 Å². The lowest BCUT2D eigenvalue weighted by Gasteiger charge is -2.61. The maximum Gasteiger partial charge on any atom is 0.198 e. The normalized spacial score (nSPS) is 17.5. The Morgan fingerprint density at radius 3 is 0.459 bits per heavy atom. The van der Waals surface area contributed by atoms with Crippen molar-refractivity contribution >= 4 is 48.9 Å². The molecule has 0 spiro atoms. The second kappa shape index (κ2) is 41.2. The molecule has 0 radical (unpaired) electrons. The third-order valence-corrected chi connectivity index (χ3v) is 62.8. The first-order valence-corrected chi connectivity index (χ1v) is 46.5. The predicted octanol–water partition coefficient (Wildman–Crippen LogP) is 22.8. The van der Waals surface area contributed by atoms with Crippen LogP contribution in [0.15, 0.2) is 0 Å². The zero-order valence-corrected chi connectivity index (χ0v) is 58.3. The molecule has 0 aliphatic heterocycles. The van der Waals surface area contributed by atoms with Gasteiger partial charge < -0.3 is 19.6 Å². The second-order valence-corrected chi connectivity index (χ2v) is 54.4. The second-order valence-electron chi connectivity index (χ2n) is 25.3. The molecule has 0 aromatic rings. The molecule has 454 valence electrons. The van der Waals surface area contributed by atoms with Crippen LogP contribution >= 0.6 is 32.2 Å². The van der Waals surface area contributed by atoms with Gasteiger partial charge in [0.25, 0.3) is 0 Å². The van der Waals surface area contributed by atoms with Gasteiger partial charge in [-0.2, -0.15) is 16.7 Å². The number of rotatable bonds is 51. The summed E-state index contributed by atoms with van der Waals surface area (Å²) in [7, 11) is -3.59. The van der Waals surface area contributed by atoms with Gasteiger partial charge in [-0.05, 0) is 145 Å². The minimum Gasteiger partial charge on any atom is -0.342 e. The van der Waals surface area contributed by atoms with Crippen LogP contribution in [-0.2, 0) is 16.7 Å². The smallest absolute Gasteiger partial charge is 0.198 e. The van der Waals surface area contributed by atoms with Crippen LogP contribution in [0.3, 0.4) is 0 Å². The molecule has 74 heavy (non-hydrogen) atoms. The number of hydrogen-bond acceptors (Lipinski definition) is 2. The van der Waals surface area contributed by atoms with E-state index in [4.69, 9.17) is 0 Å². The summed E-state index contributed by atoms with van der Waals surface area (Å²) in [5.41, 5.74) is -7.86. The quantitative estimate of drug-likeness (QED) is 0.0359. The summed E-state index contributed by atoms with van der Waals surface area (Å²) in [5, 5.41) is 0. The van der Waals surface area contributed by atoms with Gasteiger partial charge in [0.05, 0.1) is 0 Å². The summed E-state index contributed by atoms with van der Waals surface area (Å²) in [6.07, 6.45) is 36.8. The molecule has 0 rings (SSSR count). The van der Waals surface area contributed by atoms with Gasteiger partial charge in [-0.25, -0.2) is 0 Å². The summed E-state index contributed by atoms with van der Waals surface area (Å²) in [6.45, 7) is 38.0. The molecule has 8 atom stereocenters. The molecule has 4 N–H and O–H groups in total. The fourth-order valence-corrected chi connectivity index (χ4v) is 69.2. The summed E-state index contributed by atoms with van der Waals surface area (Å²) < 4.78 is 0. The minimum atomic E-state index is -3.93. The van der Waals surface area contributed by atoms with Gasteiger partial charge >= 0.3 is 0 Å². The third-order valence-electron chi connectivity index (χ3n) is 19.2. The van der Waals surface area contributed by atoms with E-state index in [0.29, 0.717) is 47.3 Å². The fraction of sp³-hybridized carbons (Fsp3) is 1.00. The van der Waals surface area contributed by atoms with Crippen molar-refractivity contribution in [3.63, 3.8) is 0 Å². The Kier molecular flexibility index (Phi) is 42.3. The Morgan fingerprint density at radius 1 is 0.243 bits per heavy atom. The molecule has 0 aliphatic carbocycles. The van der Waals surface area contributed by atoms with Crippen LogP contribution in [-0.4, -0.2) is 65.6 Å². The van der Waals surface area contributed by atoms with Crippen molar-refractivity contribution < 1.29 is 19.6 Å². The van der Waals surface area contributed by atoms with Crippen molar-refractivity contribution in [2.24, 2.45) is 47.3 Å². The lowest BCUT2D eigenvalue weighted by Crippen LogP contribution is -2.54. The van der Waals surface area contributed by atoms with Gasteiger partial charge in [0.15, 0.2) is 11.4 Å². The zero-order chi connectivity index (χ0) is 56.2. The average Bonchev–Trinajstić information content (AvgIpc) is 3.40. The zero-order valence-electron chi connectivity index (χ0n) is 53.2. The number of unbranched alkanes of at least 4 members (excludes halogenated alkanes) is 8. The van der Waals surface area contributed by atoms with E-state index in [1.54, 1.807) is 0 Å². The van der Waals surface area contributed by atoms with Crippen molar-refractivity contribution in [3.05, 3.63) is 0 Å². The van der Waals surface area contributed by atoms with Crippen LogP contribution in [0.25, 0.3) is 0 Å². The Balaban J connectivity index is 10.3. The first-order valence-electron chi connectivity index (χ1n) is 33.1. The highest BCUT2D eigenvalue weighted by Crippen LogP contribution is 2.82.